The van der Waals surface area contributed by atoms with E-state index in [0.29, 0.717) is 0 Å². The van der Waals surface area contributed by atoms with E-state index in [1.165, 1.54) is 0 Å². The van der Waals surface area contributed by atoms with E-state index < -0.39 is 25.1 Å². The van der Waals surface area contributed by atoms with E-state index >= 15 is 0 Å². The Bertz CT molecular complexity index is 413. The van der Waals surface area contributed by atoms with Gasteiger partial charge in [-0.3, -0.25) is 23.8 Å². The number of amides is 3. The molecule has 0 aliphatic carbocycles. The van der Waals surface area contributed by atoms with Gasteiger partial charge in [-0.05, 0) is 0 Å². The van der Waals surface area contributed by atoms with Crippen LogP contribution in [0.5, 0.6) is 0 Å². The van der Waals surface area contributed by atoms with Crippen LogP contribution in [0.15, 0.2) is 12.2 Å². The summed E-state index contributed by atoms with van der Waals surface area (Å²) in [6, 6.07) is 0. The van der Waals surface area contributed by atoms with E-state index in [4.69, 9.17) is 5.73 Å². The summed E-state index contributed by atoms with van der Waals surface area (Å²) in [7, 11) is -3.53. The second-order valence-corrected chi connectivity index (χ2v) is 6.26. The summed E-state index contributed by atoms with van der Waals surface area (Å²) in [6.07, 6.45) is 1.57. The molecule has 3 amide bonds. The van der Waals surface area contributed by atoms with E-state index in [2.05, 4.69) is 0 Å². The molecule has 1 heterocycles. The Balaban J connectivity index is 2.44. The van der Waals surface area contributed by atoms with Crippen molar-refractivity contribution in [2.75, 3.05) is 18.9 Å². The van der Waals surface area contributed by atoms with Gasteiger partial charge in [0.05, 0.1) is 0 Å². The lowest BCUT2D eigenvalue weighted by Crippen LogP contribution is -2.32. The van der Waals surface area contributed by atoms with Gasteiger partial charge < -0.3 is 10.6 Å². The summed E-state index contributed by atoms with van der Waals surface area (Å²) < 4.78 is 11.6. The van der Waals surface area contributed by atoms with Crippen molar-refractivity contribution in [3.63, 3.8) is 0 Å². The number of nitrogens with zero attached hydrogens (tertiary/aromatic N) is 1. The van der Waals surface area contributed by atoms with Crippen LogP contribution in [-0.4, -0.2) is 46.4 Å². The van der Waals surface area contributed by atoms with Crippen molar-refractivity contribution in [3.05, 3.63) is 12.2 Å². The van der Waals surface area contributed by atoms with Gasteiger partial charge in [-0.15, -0.1) is 0 Å². The third-order valence-corrected chi connectivity index (χ3v) is 4.10. The van der Waals surface area contributed by atoms with Crippen molar-refractivity contribution in [2.45, 2.75) is 6.42 Å². The third-order valence-electron chi connectivity index (χ3n) is 2.28. The second kappa shape index (κ2) is 5.25. The molecule has 1 aliphatic heterocycles. The molecule has 8 heteroatoms. The monoisotopic (exact) mass is 260 g/mol. The molecular formula is C9H13N2O5P. The van der Waals surface area contributed by atoms with Crippen LogP contribution in [0.4, 0.5) is 0 Å². The van der Waals surface area contributed by atoms with E-state index in [0.717, 1.165) is 17.1 Å². The molecule has 1 rings (SSSR count). The van der Waals surface area contributed by atoms with Crippen LogP contribution >= 0.6 is 7.37 Å². The van der Waals surface area contributed by atoms with Crippen molar-refractivity contribution in [3.8, 4) is 0 Å². The molecule has 1 unspecified atom stereocenters. The van der Waals surface area contributed by atoms with Gasteiger partial charge in [0.2, 0.25) is 13.3 Å². The zero-order valence-electron chi connectivity index (χ0n) is 9.04. The van der Waals surface area contributed by atoms with Gasteiger partial charge in [-0.2, -0.15) is 0 Å². The first kappa shape index (κ1) is 13.6. The fourth-order valence-corrected chi connectivity index (χ4v) is 2.61. The van der Waals surface area contributed by atoms with Crippen molar-refractivity contribution >= 4 is 25.1 Å². The maximum Gasteiger partial charge on any atom is 0.253 e. The summed E-state index contributed by atoms with van der Waals surface area (Å²) in [5.41, 5.74) is 4.86. The van der Waals surface area contributed by atoms with Gasteiger partial charge >= 0.3 is 0 Å². The van der Waals surface area contributed by atoms with Gasteiger partial charge in [-0.25, -0.2) is 0 Å². The number of rotatable bonds is 6. The molecule has 0 aromatic carbocycles. The molecule has 0 saturated carbocycles. The lowest BCUT2D eigenvalue weighted by molar-refractivity contribution is -0.136. The Kier molecular flexibility index (Phi) is 4.20. The third kappa shape index (κ3) is 4.13. The average Bonchev–Trinajstić information content (AvgIpc) is 2.54. The van der Waals surface area contributed by atoms with E-state index in [9.17, 15) is 23.8 Å². The Hall–Kier alpha value is -1.46. The normalized spacial score (nSPS) is 18.5. The molecular weight excluding hydrogens is 247 g/mol. The van der Waals surface area contributed by atoms with Crippen molar-refractivity contribution in [1.82, 2.24) is 4.90 Å². The molecule has 0 fully saturated rings. The predicted molar refractivity (Wildman–Crippen MR) is 59.2 cm³/mol. The standard InChI is InChI=1S/C9H13N2O5P/c10-7(12)3-5-17(15,16)6-4-11-8(13)1-2-9(11)14/h1-2H,3-6H2,(H2,10,12)(H,15,16). The molecule has 7 nitrogen and oxygen atoms in total. The molecule has 17 heavy (non-hydrogen) atoms. The lowest BCUT2D eigenvalue weighted by atomic mass is 10.5. The van der Waals surface area contributed by atoms with Crippen LogP contribution in [-0.2, 0) is 18.9 Å². The van der Waals surface area contributed by atoms with E-state index in [-0.39, 0.29) is 25.3 Å². The minimum atomic E-state index is -3.53. The van der Waals surface area contributed by atoms with E-state index in [1.54, 1.807) is 0 Å². The number of hydrogen-bond acceptors (Lipinski definition) is 4. The molecule has 94 valence electrons. The van der Waals surface area contributed by atoms with Crippen molar-refractivity contribution in [2.24, 2.45) is 5.73 Å². The molecule has 3 N–H and O–H groups in total. The number of primary amides is 1. The molecule has 0 spiro atoms. The van der Waals surface area contributed by atoms with Crippen LogP contribution in [0.1, 0.15) is 6.42 Å². The lowest BCUT2D eigenvalue weighted by Gasteiger charge is -2.16. The topological polar surface area (TPSA) is 118 Å². The second-order valence-electron chi connectivity index (χ2n) is 3.67. The maximum atomic E-state index is 11.6. The van der Waals surface area contributed by atoms with Crippen molar-refractivity contribution < 1.29 is 23.8 Å². The quantitative estimate of drug-likeness (QED) is 0.472. The zero-order valence-corrected chi connectivity index (χ0v) is 9.93. The number of imide groups is 1. The van der Waals surface area contributed by atoms with Gasteiger partial charge in [0, 0.05) is 37.4 Å². The molecule has 0 radical (unpaired) electrons. The van der Waals surface area contributed by atoms with Gasteiger partial charge in [0.15, 0.2) is 0 Å². The Morgan fingerprint density at radius 1 is 1.29 bits per heavy atom. The highest BCUT2D eigenvalue weighted by atomic mass is 31.2. The Morgan fingerprint density at radius 2 is 1.82 bits per heavy atom. The fraction of sp³-hybridized carbons (Fsp3) is 0.444. The fourth-order valence-electron chi connectivity index (χ4n) is 1.30. The maximum absolute atomic E-state index is 11.6. The molecule has 0 bridgehead atoms. The summed E-state index contributed by atoms with van der Waals surface area (Å²) in [4.78, 5) is 43.1. The SMILES string of the molecule is NC(=O)CCP(=O)(O)CCN1C(=O)C=CC1=O. The minimum absolute atomic E-state index is 0.128. The number of nitrogens with two attached hydrogens (primary N) is 1. The Labute approximate surface area is 97.7 Å². The largest absolute Gasteiger partial charge is 0.370 e. The van der Waals surface area contributed by atoms with Gasteiger partial charge in [0.1, 0.15) is 0 Å². The molecule has 0 saturated heterocycles. The van der Waals surface area contributed by atoms with Crippen LogP contribution in [0.3, 0.4) is 0 Å². The molecule has 0 aromatic heterocycles. The Morgan fingerprint density at radius 3 is 2.29 bits per heavy atom. The number of carbonyl (C=O) groups is 3. The van der Waals surface area contributed by atoms with Crippen LogP contribution < -0.4 is 5.73 Å². The van der Waals surface area contributed by atoms with Gasteiger partial charge in [-0.1, -0.05) is 0 Å². The van der Waals surface area contributed by atoms with E-state index in [1.807, 2.05) is 0 Å². The minimum Gasteiger partial charge on any atom is -0.370 e. The summed E-state index contributed by atoms with van der Waals surface area (Å²) >= 11 is 0. The summed E-state index contributed by atoms with van der Waals surface area (Å²) in [5, 5.41) is 0. The van der Waals surface area contributed by atoms with Crippen LogP contribution in [0.25, 0.3) is 0 Å². The van der Waals surface area contributed by atoms with Gasteiger partial charge in [0.25, 0.3) is 11.8 Å². The number of hydrogen-bond donors (Lipinski definition) is 2. The molecule has 1 atom stereocenters. The first-order valence-electron chi connectivity index (χ1n) is 4.94. The van der Waals surface area contributed by atoms with Crippen LogP contribution in [0, 0.1) is 0 Å². The highest BCUT2D eigenvalue weighted by molar-refractivity contribution is 7.58. The van der Waals surface area contributed by atoms with Crippen molar-refractivity contribution in [1.29, 1.82) is 0 Å². The first-order valence-corrected chi connectivity index (χ1v) is 6.97. The smallest absolute Gasteiger partial charge is 0.253 e. The first-order chi connectivity index (χ1) is 7.82. The molecule has 0 aromatic rings. The van der Waals surface area contributed by atoms with Crippen LogP contribution in [0.2, 0.25) is 0 Å². The summed E-state index contributed by atoms with van der Waals surface area (Å²) in [5.74, 6) is -1.65. The zero-order chi connectivity index (χ0) is 13.1. The summed E-state index contributed by atoms with van der Waals surface area (Å²) in [6.45, 7) is -0.128. The average molecular weight is 260 g/mol. The predicted octanol–water partition coefficient (Wildman–Crippen LogP) is -0.943. The highest BCUT2D eigenvalue weighted by Gasteiger charge is 2.27. The molecule has 1 aliphatic rings. The highest BCUT2D eigenvalue weighted by Crippen LogP contribution is 2.40. The number of carbonyl (C=O) groups excluding carboxylic acids is 3.